The van der Waals surface area contributed by atoms with E-state index in [1.807, 2.05) is 37.3 Å². The van der Waals surface area contributed by atoms with Gasteiger partial charge in [-0.25, -0.2) is 0 Å². The van der Waals surface area contributed by atoms with Gasteiger partial charge in [-0.1, -0.05) is 25.1 Å². The van der Waals surface area contributed by atoms with Crippen LogP contribution >= 0.6 is 0 Å². The van der Waals surface area contributed by atoms with Crippen LogP contribution in [-0.2, 0) is 9.53 Å². The number of hydrogen-bond acceptors (Lipinski definition) is 4. The summed E-state index contributed by atoms with van der Waals surface area (Å²) >= 11 is 0. The van der Waals surface area contributed by atoms with Crippen LogP contribution in [0.15, 0.2) is 54.6 Å². The molecule has 0 aromatic heterocycles. The highest BCUT2D eigenvalue weighted by Crippen LogP contribution is 2.16. The topological polar surface area (TPSA) is 67.9 Å². The number of nitrogens with one attached hydrogen (secondary N) is 1. The predicted molar refractivity (Wildman–Crippen MR) is 103 cm³/mol. The number of morpholine rings is 1. The van der Waals surface area contributed by atoms with Crippen LogP contribution in [0.3, 0.4) is 0 Å². The average molecular weight is 368 g/mol. The third kappa shape index (κ3) is 5.08. The van der Waals surface area contributed by atoms with Crippen LogP contribution in [0.1, 0.15) is 23.7 Å². The minimum atomic E-state index is -0.581. The van der Waals surface area contributed by atoms with Crippen molar-refractivity contribution in [1.82, 2.24) is 4.90 Å². The summed E-state index contributed by atoms with van der Waals surface area (Å²) in [5.74, 6) is 0.426. The number of para-hydroxylation sites is 1. The van der Waals surface area contributed by atoms with Crippen LogP contribution in [0.25, 0.3) is 0 Å². The van der Waals surface area contributed by atoms with Gasteiger partial charge in [0.1, 0.15) is 5.75 Å². The first kappa shape index (κ1) is 18.9. The lowest BCUT2D eigenvalue weighted by Gasteiger charge is -2.26. The molecule has 1 N–H and O–H groups in total. The molecule has 0 aliphatic carbocycles. The largest absolute Gasteiger partial charge is 0.481 e. The standard InChI is InChI=1S/C21H24N2O4/c1-2-19(27-18-6-4-3-5-7-18)20(24)22-17-10-8-16(9-11-17)21(25)23-12-14-26-15-13-23/h3-11,19H,2,12-15H2,1H3,(H,22,24)/t19-/m1/s1. The SMILES string of the molecule is CC[C@@H](Oc1ccccc1)C(=O)Nc1ccc(C(=O)N2CCOCC2)cc1. The Balaban J connectivity index is 1.59. The molecule has 0 unspecified atom stereocenters. The van der Waals surface area contributed by atoms with Crippen molar-refractivity contribution in [3.05, 3.63) is 60.2 Å². The van der Waals surface area contributed by atoms with Crippen LogP contribution in [-0.4, -0.2) is 49.1 Å². The Labute approximate surface area is 159 Å². The number of ether oxygens (including phenoxy) is 2. The highest BCUT2D eigenvalue weighted by molar-refractivity contribution is 5.97. The van der Waals surface area contributed by atoms with Gasteiger partial charge in [-0.05, 0) is 42.8 Å². The summed E-state index contributed by atoms with van der Waals surface area (Å²) < 4.78 is 11.0. The Morgan fingerprint density at radius 2 is 1.74 bits per heavy atom. The van der Waals surface area contributed by atoms with Gasteiger partial charge in [0.2, 0.25) is 0 Å². The lowest BCUT2D eigenvalue weighted by atomic mass is 10.1. The van der Waals surface area contributed by atoms with Crippen molar-refractivity contribution < 1.29 is 19.1 Å². The Morgan fingerprint density at radius 3 is 2.37 bits per heavy atom. The zero-order valence-corrected chi connectivity index (χ0v) is 15.4. The first-order chi connectivity index (χ1) is 13.2. The van der Waals surface area contributed by atoms with E-state index < -0.39 is 6.10 Å². The van der Waals surface area contributed by atoms with Crippen molar-refractivity contribution in [2.45, 2.75) is 19.4 Å². The number of carbonyl (C=O) groups excluding carboxylic acids is 2. The van der Waals surface area contributed by atoms with E-state index >= 15 is 0 Å². The summed E-state index contributed by atoms with van der Waals surface area (Å²) in [7, 11) is 0. The van der Waals surface area contributed by atoms with Gasteiger partial charge in [-0.15, -0.1) is 0 Å². The second kappa shape index (κ2) is 9.19. The molecule has 1 atom stereocenters. The van der Waals surface area contributed by atoms with E-state index in [4.69, 9.17) is 9.47 Å². The van der Waals surface area contributed by atoms with Gasteiger partial charge in [0.15, 0.2) is 6.10 Å². The van der Waals surface area contributed by atoms with E-state index in [-0.39, 0.29) is 11.8 Å². The van der Waals surface area contributed by atoms with Crippen LogP contribution in [0.4, 0.5) is 5.69 Å². The molecule has 142 valence electrons. The lowest BCUT2D eigenvalue weighted by Crippen LogP contribution is -2.40. The molecule has 1 heterocycles. The highest BCUT2D eigenvalue weighted by atomic mass is 16.5. The Kier molecular flexibility index (Phi) is 6.44. The summed E-state index contributed by atoms with van der Waals surface area (Å²) in [6.07, 6.45) is -0.0315. The number of rotatable bonds is 6. The number of carbonyl (C=O) groups is 2. The minimum Gasteiger partial charge on any atom is -0.481 e. The predicted octanol–water partition coefficient (Wildman–Crippen LogP) is 2.96. The summed E-state index contributed by atoms with van der Waals surface area (Å²) in [5.41, 5.74) is 1.23. The number of anilines is 1. The van der Waals surface area contributed by atoms with Gasteiger partial charge in [0.05, 0.1) is 13.2 Å². The van der Waals surface area contributed by atoms with Crippen LogP contribution in [0.2, 0.25) is 0 Å². The molecular weight excluding hydrogens is 344 g/mol. The normalized spacial score (nSPS) is 15.1. The summed E-state index contributed by atoms with van der Waals surface area (Å²) in [4.78, 5) is 26.7. The Hall–Kier alpha value is -2.86. The third-order valence-corrected chi connectivity index (χ3v) is 4.38. The van der Waals surface area contributed by atoms with Crippen molar-refractivity contribution in [3.63, 3.8) is 0 Å². The molecular formula is C21H24N2O4. The van der Waals surface area contributed by atoms with Crippen molar-refractivity contribution >= 4 is 17.5 Å². The first-order valence-electron chi connectivity index (χ1n) is 9.17. The minimum absolute atomic E-state index is 0.0185. The molecule has 2 amide bonds. The van der Waals surface area contributed by atoms with E-state index in [0.717, 1.165) is 0 Å². The number of benzene rings is 2. The molecule has 2 aromatic carbocycles. The van der Waals surface area contributed by atoms with Gasteiger partial charge < -0.3 is 19.7 Å². The first-order valence-corrected chi connectivity index (χ1v) is 9.17. The van der Waals surface area contributed by atoms with Crippen molar-refractivity contribution in [2.24, 2.45) is 0 Å². The van der Waals surface area contributed by atoms with Gasteiger partial charge in [0, 0.05) is 24.3 Å². The molecule has 0 bridgehead atoms. The smallest absolute Gasteiger partial charge is 0.265 e. The third-order valence-electron chi connectivity index (χ3n) is 4.38. The second-order valence-corrected chi connectivity index (χ2v) is 6.30. The van der Waals surface area contributed by atoms with E-state index in [9.17, 15) is 9.59 Å². The molecule has 0 radical (unpaired) electrons. The summed E-state index contributed by atoms with van der Waals surface area (Å²) in [6, 6.07) is 16.2. The van der Waals surface area contributed by atoms with E-state index in [2.05, 4.69) is 5.32 Å². The Morgan fingerprint density at radius 1 is 1.07 bits per heavy atom. The molecule has 6 nitrogen and oxygen atoms in total. The fourth-order valence-electron chi connectivity index (χ4n) is 2.85. The molecule has 0 spiro atoms. The average Bonchev–Trinajstić information content (AvgIpc) is 2.73. The second-order valence-electron chi connectivity index (χ2n) is 6.30. The van der Waals surface area contributed by atoms with E-state index in [1.54, 1.807) is 29.2 Å². The monoisotopic (exact) mass is 368 g/mol. The van der Waals surface area contributed by atoms with Gasteiger partial charge in [-0.2, -0.15) is 0 Å². The molecule has 1 aliphatic heterocycles. The van der Waals surface area contributed by atoms with Crippen LogP contribution in [0.5, 0.6) is 5.75 Å². The molecule has 0 saturated carbocycles. The molecule has 6 heteroatoms. The maximum absolute atomic E-state index is 12.5. The zero-order chi connectivity index (χ0) is 19.1. The number of hydrogen-bond donors (Lipinski definition) is 1. The fourth-order valence-corrected chi connectivity index (χ4v) is 2.85. The van der Waals surface area contributed by atoms with Crippen LogP contribution in [0, 0.1) is 0 Å². The van der Waals surface area contributed by atoms with Gasteiger partial charge >= 0.3 is 0 Å². The van der Waals surface area contributed by atoms with Crippen LogP contribution < -0.4 is 10.1 Å². The number of nitrogens with zero attached hydrogens (tertiary/aromatic N) is 1. The van der Waals surface area contributed by atoms with Gasteiger partial charge in [-0.3, -0.25) is 9.59 Å². The van der Waals surface area contributed by atoms with Crippen molar-refractivity contribution in [1.29, 1.82) is 0 Å². The zero-order valence-electron chi connectivity index (χ0n) is 15.4. The molecule has 1 saturated heterocycles. The number of amides is 2. The fraction of sp³-hybridized carbons (Fsp3) is 0.333. The summed E-state index contributed by atoms with van der Waals surface area (Å²) in [5, 5.41) is 2.85. The molecule has 1 fully saturated rings. The highest BCUT2D eigenvalue weighted by Gasteiger charge is 2.20. The van der Waals surface area contributed by atoms with Crippen molar-refractivity contribution in [3.8, 4) is 5.75 Å². The Bertz CT molecular complexity index is 756. The molecule has 1 aliphatic rings. The lowest BCUT2D eigenvalue weighted by molar-refractivity contribution is -0.122. The van der Waals surface area contributed by atoms with Crippen molar-refractivity contribution in [2.75, 3.05) is 31.6 Å². The summed E-state index contributed by atoms with van der Waals surface area (Å²) in [6.45, 7) is 4.25. The quantitative estimate of drug-likeness (QED) is 0.851. The maximum atomic E-state index is 12.5. The molecule has 2 aromatic rings. The van der Waals surface area contributed by atoms with E-state index in [1.165, 1.54) is 0 Å². The van der Waals surface area contributed by atoms with E-state index in [0.29, 0.717) is 49.7 Å². The maximum Gasteiger partial charge on any atom is 0.265 e. The molecule has 3 rings (SSSR count). The van der Waals surface area contributed by atoms with Gasteiger partial charge in [0.25, 0.3) is 11.8 Å². The molecule has 27 heavy (non-hydrogen) atoms.